The fraction of sp³-hybridized carbons (Fsp3) is 0.600. The molecule has 0 fully saturated rings. The Morgan fingerprint density at radius 3 is 2.54 bits per heavy atom. The van der Waals surface area contributed by atoms with Gasteiger partial charge in [0.15, 0.2) is 0 Å². The van der Waals surface area contributed by atoms with Crippen molar-refractivity contribution in [1.82, 2.24) is 0 Å². The molecule has 0 saturated carbocycles. The second-order valence-electron chi connectivity index (χ2n) is 3.59. The zero-order chi connectivity index (χ0) is 8.97. The van der Waals surface area contributed by atoms with Crippen LogP contribution in [0.25, 0.3) is 0 Å². The fourth-order valence-corrected chi connectivity index (χ4v) is 1.16. The van der Waals surface area contributed by atoms with Crippen LogP contribution in [-0.4, -0.2) is 0 Å². The number of nitrogens with two attached hydrogens (primary N) is 1. The van der Waals surface area contributed by atoms with Crippen LogP contribution in [0, 0.1) is 5.92 Å². The summed E-state index contributed by atoms with van der Waals surface area (Å²) in [6.07, 6.45) is 3.83. The number of hydrogen-bond acceptors (Lipinski definition) is 2. The minimum Gasteiger partial charge on any atom is -0.468 e. The van der Waals surface area contributed by atoms with Crippen molar-refractivity contribution in [3.63, 3.8) is 0 Å². The van der Waals surface area contributed by atoms with E-state index < -0.39 is 0 Å². The quantitative estimate of drug-likeness (QED) is 0.817. The molecule has 0 amide bonds. The predicted molar refractivity (Wildman–Crippen MR) is 57.0 cm³/mol. The van der Waals surface area contributed by atoms with Gasteiger partial charge in [-0.25, -0.2) is 0 Å². The Morgan fingerprint density at radius 1 is 1.38 bits per heavy atom. The van der Waals surface area contributed by atoms with Gasteiger partial charge in [0.25, 0.3) is 0 Å². The first-order valence-corrected chi connectivity index (χ1v) is 4.49. The van der Waals surface area contributed by atoms with Crippen molar-refractivity contribution in [2.45, 2.75) is 32.7 Å². The first-order valence-electron chi connectivity index (χ1n) is 4.49. The molecule has 0 aliphatic rings. The Kier molecular flexibility index (Phi) is 5.84. The van der Waals surface area contributed by atoms with Crippen LogP contribution in [0.1, 0.15) is 38.5 Å². The van der Waals surface area contributed by atoms with Gasteiger partial charge < -0.3 is 10.2 Å². The molecule has 0 aromatic carbocycles. The van der Waals surface area contributed by atoms with Gasteiger partial charge in [0, 0.05) is 0 Å². The monoisotopic (exact) mass is 203 g/mol. The Bertz CT molecular complexity index is 209. The van der Waals surface area contributed by atoms with Crippen molar-refractivity contribution in [2.24, 2.45) is 11.7 Å². The Labute approximate surface area is 85.9 Å². The van der Waals surface area contributed by atoms with E-state index in [0.29, 0.717) is 5.92 Å². The molecule has 3 heteroatoms. The molecule has 2 nitrogen and oxygen atoms in total. The summed E-state index contributed by atoms with van der Waals surface area (Å²) in [5.74, 6) is 1.61. The Hall–Kier alpha value is -0.470. The maximum atomic E-state index is 5.89. The van der Waals surface area contributed by atoms with Gasteiger partial charge in [-0.3, -0.25) is 0 Å². The molecule has 0 bridgehead atoms. The number of hydrogen-bond donors (Lipinski definition) is 1. The van der Waals surface area contributed by atoms with Crippen molar-refractivity contribution in [3.8, 4) is 0 Å². The van der Waals surface area contributed by atoms with Crippen LogP contribution >= 0.6 is 12.4 Å². The van der Waals surface area contributed by atoms with Gasteiger partial charge >= 0.3 is 0 Å². The third-order valence-electron chi connectivity index (χ3n) is 1.96. The van der Waals surface area contributed by atoms with E-state index in [1.165, 1.54) is 0 Å². The summed E-state index contributed by atoms with van der Waals surface area (Å²) in [5.41, 5.74) is 5.89. The molecule has 0 aliphatic heterocycles. The smallest absolute Gasteiger partial charge is 0.120 e. The summed E-state index contributed by atoms with van der Waals surface area (Å²) in [7, 11) is 0. The molecule has 1 aromatic heterocycles. The minimum atomic E-state index is 0. The number of furan rings is 1. The van der Waals surface area contributed by atoms with Crippen molar-refractivity contribution in [3.05, 3.63) is 24.2 Å². The number of rotatable bonds is 4. The summed E-state index contributed by atoms with van der Waals surface area (Å²) in [5, 5.41) is 0. The van der Waals surface area contributed by atoms with E-state index in [-0.39, 0.29) is 18.4 Å². The van der Waals surface area contributed by atoms with E-state index in [0.717, 1.165) is 18.6 Å². The van der Waals surface area contributed by atoms with Crippen LogP contribution in [0.5, 0.6) is 0 Å². The standard InChI is InChI=1S/C10H17NO.ClH/c1-8(2)5-6-9(11)10-4-3-7-12-10;/h3-4,7-9H,5-6,11H2,1-2H3;1H/t9-;/m1./s1. The molecular formula is C10H18ClNO. The van der Waals surface area contributed by atoms with Crippen LogP contribution < -0.4 is 5.73 Å². The third kappa shape index (κ3) is 4.34. The molecule has 76 valence electrons. The SMILES string of the molecule is CC(C)CC[C@@H](N)c1ccco1.Cl. The molecule has 0 spiro atoms. The zero-order valence-corrected chi connectivity index (χ0v) is 9.01. The molecule has 2 N–H and O–H groups in total. The lowest BCUT2D eigenvalue weighted by molar-refractivity contribution is 0.424. The zero-order valence-electron chi connectivity index (χ0n) is 8.19. The maximum Gasteiger partial charge on any atom is 0.120 e. The summed E-state index contributed by atoms with van der Waals surface area (Å²) in [4.78, 5) is 0. The van der Waals surface area contributed by atoms with Crippen LogP contribution in [0.2, 0.25) is 0 Å². The molecule has 1 rings (SSSR count). The van der Waals surface area contributed by atoms with Crippen LogP contribution in [0.4, 0.5) is 0 Å². The molecule has 13 heavy (non-hydrogen) atoms. The van der Waals surface area contributed by atoms with Crippen molar-refractivity contribution in [2.75, 3.05) is 0 Å². The first-order chi connectivity index (χ1) is 5.70. The van der Waals surface area contributed by atoms with E-state index >= 15 is 0 Å². The van der Waals surface area contributed by atoms with Gasteiger partial charge in [-0.1, -0.05) is 13.8 Å². The first kappa shape index (κ1) is 12.5. The summed E-state index contributed by atoms with van der Waals surface area (Å²) in [6, 6.07) is 3.89. The highest BCUT2D eigenvalue weighted by Crippen LogP contribution is 2.18. The van der Waals surface area contributed by atoms with Gasteiger partial charge in [0.05, 0.1) is 12.3 Å². The lowest BCUT2D eigenvalue weighted by Gasteiger charge is -2.09. The molecule has 1 atom stereocenters. The largest absolute Gasteiger partial charge is 0.468 e. The van der Waals surface area contributed by atoms with E-state index in [9.17, 15) is 0 Å². The lowest BCUT2D eigenvalue weighted by Crippen LogP contribution is -2.10. The van der Waals surface area contributed by atoms with Gasteiger partial charge in [-0.15, -0.1) is 12.4 Å². The number of halogens is 1. The highest BCUT2D eigenvalue weighted by atomic mass is 35.5. The van der Waals surface area contributed by atoms with E-state index in [2.05, 4.69) is 13.8 Å². The average molecular weight is 204 g/mol. The predicted octanol–water partition coefficient (Wildman–Crippen LogP) is 3.14. The molecule has 0 saturated heterocycles. The van der Waals surface area contributed by atoms with Crippen molar-refractivity contribution in [1.29, 1.82) is 0 Å². The van der Waals surface area contributed by atoms with Crippen molar-refractivity contribution >= 4 is 12.4 Å². The van der Waals surface area contributed by atoms with Gasteiger partial charge in [0.2, 0.25) is 0 Å². The molecule has 0 unspecified atom stereocenters. The molecule has 1 heterocycles. The Morgan fingerprint density at radius 2 is 2.08 bits per heavy atom. The molecule has 1 aromatic rings. The maximum absolute atomic E-state index is 5.89. The van der Waals surface area contributed by atoms with Gasteiger partial charge in [0.1, 0.15) is 5.76 Å². The van der Waals surface area contributed by atoms with E-state index in [1.54, 1.807) is 6.26 Å². The van der Waals surface area contributed by atoms with Crippen LogP contribution in [-0.2, 0) is 0 Å². The third-order valence-corrected chi connectivity index (χ3v) is 1.96. The summed E-state index contributed by atoms with van der Waals surface area (Å²) >= 11 is 0. The highest BCUT2D eigenvalue weighted by molar-refractivity contribution is 5.85. The van der Waals surface area contributed by atoms with E-state index in [1.807, 2.05) is 12.1 Å². The summed E-state index contributed by atoms with van der Waals surface area (Å²) < 4.78 is 5.20. The molecule has 0 radical (unpaired) electrons. The molecular weight excluding hydrogens is 186 g/mol. The Balaban J connectivity index is 0.00000144. The second kappa shape index (κ2) is 6.06. The van der Waals surface area contributed by atoms with Crippen LogP contribution in [0.15, 0.2) is 22.8 Å². The molecule has 0 aliphatic carbocycles. The topological polar surface area (TPSA) is 39.2 Å². The van der Waals surface area contributed by atoms with Gasteiger partial charge in [-0.05, 0) is 30.9 Å². The normalized spacial score (nSPS) is 12.6. The highest BCUT2D eigenvalue weighted by Gasteiger charge is 2.08. The summed E-state index contributed by atoms with van der Waals surface area (Å²) in [6.45, 7) is 4.41. The lowest BCUT2D eigenvalue weighted by atomic mass is 10.0. The average Bonchev–Trinajstić information content (AvgIpc) is 2.51. The van der Waals surface area contributed by atoms with Gasteiger partial charge in [-0.2, -0.15) is 0 Å². The van der Waals surface area contributed by atoms with E-state index in [4.69, 9.17) is 10.2 Å². The fourth-order valence-electron chi connectivity index (χ4n) is 1.16. The minimum absolute atomic E-state index is 0. The van der Waals surface area contributed by atoms with Crippen molar-refractivity contribution < 1.29 is 4.42 Å². The second-order valence-corrected chi connectivity index (χ2v) is 3.59. The van der Waals surface area contributed by atoms with Crippen LogP contribution in [0.3, 0.4) is 0 Å².